The third kappa shape index (κ3) is 12.9. The largest absolute Gasteiger partial charge is 0.508 e. The molecule has 0 aromatic carbocycles. The van der Waals surface area contributed by atoms with Gasteiger partial charge in [-0.3, -0.25) is 19.5 Å². The maximum atomic E-state index is 14.6. The third-order valence-electron chi connectivity index (χ3n) is 13.0. The smallest absolute Gasteiger partial charge is 0.461 e. The molecular weight excluding hydrogens is 819 g/mol. The van der Waals surface area contributed by atoms with Crippen LogP contribution < -0.4 is 0 Å². The van der Waals surface area contributed by atoms with Gasteiger partial charge in [0.2, 0.25) is 0 Å². The molecule has 19 nitrogen and oxygen atoms in total. The maximum absolute atomic E-state index is 14.6. The highest BCUT2D eigenvalue weighted by Crippen LogP contribution is 2.41. The molecule has 3 saturated heterocycles. The topological polar surface area (TPSA) is 213 Å². The van der Waals surface area contributed by atoms with E-state index in [2.05, 4.69) is 26.8 Å². The molecule has 0 aliphatic carbocycles. The van der Waals surface area contributed by atoms with Crippen LogP contribution in [0, 0.1) is 11.8 Å². The number of aromatic nitrogens is 1. The predicted octanol–water partition coefficient (Wildman–Crippen LogP) is 5.92. The number of rotatable bonds is 14. The zero-order chi connectivity index (χ0) is 46.6. The van der Waals surface area contributed by atoms with Gasteiger partial charge in [-0.05, 0) is 111 Å². The summed E-state index contributed by atoms with van der Waals surface area (Å²) >= 11 is 0. The van der Waals surface area contributed by atoms with Gasteiger partial charge in [0.05, 0.1) is 49.3 Å². The van der Waals surface area contributed by atoms with Crippen molar-refractivity contribution in [3.8, 4) is 0 Å². The molecule has 0 spiro atoms. The van der Waals surface area contributed by atoms with Crippen molar-refractivity contribution in [1.29, 1.82) is 0 Å². The Morgan fingerprint density at radius 2 is 1.83 bits per heavy atom. The van der Waals surface area contributed by atoms with E-state index < -0.39 is 78.1 Å². The number of likely N-dealkylation sites (N-methyl/N-ethyl adjacent to an activating group) is 2. The van der Waals surface area contributed by atoms with Crippen molar-refractivity contribution in [2.75, 3.05) is 55.0 Å². The number of amides is 1. The Balaban J connectivity index is 1.84. The Kier molecular flexibility index (Phi) is 18.8. The Hall–Kier alpha value is -4.26. The summed E-state index contributed by atoms with van der Waals surface area (Å²) < 4.78 is 49.5. The number of methoxy groups -OCH3 is 2. The predicted molar refractivity (Wildman–Crippen MR) is 230 cm³/mol. The van der Waals surface area contributed by atoms with Gasteiger partial charge in [0, 0.05) is 56.5 Å². The highest BCUT2D eigenvalue weighted by atomic mass is 16.8. The molecule has 0 radical (unpaired) electrons. The SMILES string of the molecule is CC[C@H]1OC(=O)[C@H](C)C(OC(=O)Cc2cccnc2)C[C@@H](O[C@@H]2OC(C)CC(N(C)C)C2OC(=O)OC)[C@](C)(OC)C[C@@H](C)CN(C)[C@H](C)[C@H]2N(CCCCN=[N+]=[N-])C(=O)O[C@]12C. The van der Waals surface area contributed by atoms with E-state index in [9.17, 15) is 19.2 Å². The highest BCUT2D eigenvalue weighted by molar-refractivity contribution is 5.76. The number of nitrogens with zero attached hydrogens (tertiary/aromatic N) is 7. The van der Waals surface area contributed by atoms with Crippen LogP contribution >= 0.6 is 0 Å². The van der Waals surface area contributed by atoms with Gasteiger partial charge in [0.15, 0.2) is 18.0 Å². The average molecular weight is 890 g/mol. The van der Waals surface area contributed by atoms with E-state index >= 15 is 0 Å². The fourth-order valence-electron chi connectivity index (χ4n) is 9.45. The third-order valence-corrected chi connectivity index (χ3v) is 13.0. The minimum Gasteiger partial charge on any atom is -0.461 e. The second-order valence-electron chi connectivity index (χ2n) is 18.0. The van der Waals surface area contributed by atoms with Crippen LogP contribution in [-0.2, 0) is 53.9 Å². The average Bonchev–Trinajstić information content (AvgIpc) is 3.50. The molecule has 3 fully saturated rings. The van der Waals surface area contributed by atoms with Gasteiger partial charge in [0.1, 0.15) is 12.2 Å². The number of esters is 2. The van der Waals surface area contributed by atoms with Crippen LogP contribution in [0.2, 0.25) is 0 Å². The van der Waals surface area contributed by atoms with E-state index in [0.29, 0.717) is 57.3 Å². The summed E-state index contributed by atoms with van der Waals surface area (Å²) in [5, 5.41) is 3.65. The molecule has 13 atom stereocenters. The molecule has 0 N–H and O–H groups in total. The van der Waals surface area contributed by atoms with E-state index in [0.717, 1.165) is 0 Å². The Morgan fingerprint density at radius 3 is 2.44 bits per heavy atom. The normalized spacial score (nSPS) is 34.7. The van der Waals surface area contributed by atoms with Gasteiger partial charge in [-0.25, -0.2) is 9.59 Å². The molecule has 19 heteroatoms. The zero-order valence-electron chi connectivity index (χ0n) is 39.3. The second kappa shape index (κ2) is 23.1. The minimum absolute atomic E-state index is 0.0561. The van der Waals surface area contributed by atoms with Crippen molar-refractivity contribution in [1.82, 2.24) is 19.7 Å². The van der Waals surface area contributed by atoms with E-state index in [4.69, 9.17) is 43.4 Å². The van der Waals surface area contributed by atoms with E-state index in [-0.39, 0.29) is 36.9 Å². The molecule has 354 valence electrons. The fourth-order valence-corrected chi connectivity index (χ4v) is 9.45. The Morgan fingerprint density at radius 1 is 1.10 bits per heavy atom. The second-order valence-corrected chi connectivity index (χ2v) is 18.0. The highest BCUT2D eigenvalue weighted by Gasteiger charge is 2.59. The number of azide groups is 1. The standard InChI is InChI=1S/C44H71N7O12/c1-13-34-44(7)38(51(41(54)63-44)20-15-14-19-47-48-45)30(5)50(10)26-27(2)24-43(6,57-12)35(61-40-37(62-42(55)56-11)32(49(8)9)21-28(3)58-40)23-33(29(4)39(53)60-34)59-36(52)22-31-17-16-18-46-25-31/h16-18,25,27-30,32-35,37-38,40H,13-15,19-24,26H2,1-12H3/t27-,28?,29-,30-,32?,33?,34-,35-,37?,38-,40+,43-,44-/m1/s1. The van der Waals surface area contributed by atoms with Crippen LogP contribution in [0.15, 0.2) is 29.6 Å². The lowest BCUT2D eigenvalue weighted by atomic mass is 9.82. The van der Waals surface area contributed by atoms with Crippen LogP contribution in [0.25, 0.3) is 10.4 Å². The number of fused-ring (bicyclic) bond motifs is 1. The summed E-state index contributed by atoms with van der Waals surface area (Å²) in [6.45, 7) is 14.4. The molecule has 1 aromatic heterocycles. The molecule has 3 aliphatic rings. The molecule has 0 bridgehead atoms. The summed E-state index contributed by atoms with van der Waals surface area (Å²) in [5.74, 6) is -2.40. The van der Waals surface area contributed by atoms with Gasteiger partial charge in [0.25, 0.3) is 0 Å². The van der Waals surface area contributed by atoms with Crippen molar-refractivity contribution in [3.05, 3.63) is 40.5 Å². The van der Waals surface area contributed by atoms with Gasteiger partial charge < -0.3 is 47.7 Å². The molecule has 3 aliphatic heterocycles. The van der Waals surface area contributed by atoms with Crippen LogP contribution in [-0.4, -0.2) is 165 Å². The number of ether oxygens (including phenoxy) is 8. The zero-order valence-corrected chi connectivity index (χ0v) is 39.3. The van der Waals surface area contributed by atoms with E-state index in [1.54, 1.807) is 43.5 Å². The first kappa shape index (κ1) is 51.4. The fraction of sp³-hybridized carbons (Fsp3) is 0.795. The van der Waals surface area contributed by atoms with E-state index in [1.165, 1.54) is 7.11 Å². The van der Waals surface area contributed by atoms with Gasteiger partial charge in [-0.1, -0.05) is 25.0 Å². The van der Waals surface area contributed by atoms with Crippen molar-refractivity contribution in [2.45, 2.75) is 160 Å². The Labute approximate surface area is 372 Å². The van der Waals surface area contributed by atoms with Crippen molar-refractivity contribution < 1.29 is 57.1 Å². The number of carbonyl (C=O) groups is 4. The Bertz CT molecular complexity index is 1720. The summed E-state index contributed by atoms with van der Waals surface area (Å²) in [6, 6.07) is 2.30. The first-order valence-corrected chi connectivity index (χ1v) is 22.1. The molecule has 1 aromatic rings. The number of carbonyl (C=O) groups excluding carboxylic acids is 4. The molecule has 4 unspecified atom stereocenters. The monoisotopic (exact) mass is 890 g/mol. The first-order chi connectivity index (χ1) is 29.8. The van der Waals surface area contributed by atoms with Gasteiger partial charge in [-0.15, -0.1) is 0 Å². The number of hydrogen-bond donors (Lipinski definition) is 0. The molecule has 63 heavy (non-hydrogen) atoms. The quantitative estimate of drug-likeness (QED) is 0.0530. The lowest BCUT2D eigenvalue weighted by molar-refractivity contribution is -0.294. The van der Waals surface area contributed by atoms with Crippen LogP contribution in [0.4, 0.5) is 9.59 Å². The minimum atomic E-state index is -1.28. The lowest BCUT2D eigenvalue weighted by Gasteiger charge is -2.47. The van der Waals surface area contributed by atoms with Crippen molar-refractivity contribution >= 4 is 24.2 Å². The number of hydrogen-bond acceptors (Lipinski definition) is 16. The molecule has 4 rings (SSSR count). The van der Waals surface area contributed by atoms with E-state index in [1.807, 2.05) is 60.7 Å². The van der Waals surface area contributed by atoms with Gasteiger partial charge in [-0.2, -0.15) is 0 Å². The summed E-state index contributed by atoms with van der Waals surface area (Å²) in [4.78, 5) is 67.8. The number of unbranched alkanes of at least 4 members (excludes halogenated alkanes) is 1. The summed E-state index contributed by atoms with van der Waals surface area (Å²) in [7, 11) is 8.56. The van der Waals surface area contributed by atoms with Crippen LogP contribution in [0.3, 0.4) is 0 Å². The number of pyridine rings is 1. The molecule has 1 amide bonds. The van der Waals surface area contributed by atoms with Crippen molar-refractivity contribution in [3.63, 3.8) is 0 Å². The first-order valence-electron chi connectivity index (χ1n) is 22.1. The molecular formula is C44H71N7O12. The molecule has 4 heterocycles. The summed E-state index contributed by atoms with van der Waals surface area (Å²) in [5.41, 5.74) is 7.02. The molecule has 0 saturated carbocycles. The van der Waals surface area contributed by atoms with Crippen LogP contribution in [0.1, 0.15) is 92.6 Å². The van der Waals surface area contributed by atoms with Crippen LogP contribution in [0.5, 0.6) is 0 Å². The lowest BCUT2D eigenvalue weighted by Crippen LogP contribution is -2.61. The number of cyclic esters (lactones) is 1. The maximum Gasteiger partial charge on any atom is 0.508 e. The van der Waals surface area contributed by atoms with Crippen molar-refractivity contribution in [2.24, 2.45) is 17.0 Å². The summed E-state index contributed by atoms with van der Waals surface area (Å²) in [6.07, 6.45) is -1.36. The van der Waals surface area contributed by atoms with Gasteiger partial charge >= 0.3 is 24.2 Å².